The number of carbonyl (C=O) groups is 1. The van der Waals surface area contributed by atoms with Crippen LogP contribution in [0.1, 0.15) is 21.4 Å². The summed E-state index contributed by atoms with van der Waals surface area (Å²) in [5, 5.41) is 15.8. The Morgan fingerprint density at radius 2 is 1.66 bits per heavy atom. The molecule has 6 rings (SSSR count). The molecule has 6 nitrogen and oxygen atoms in total. The van der Waals surface area contributed by atoms with Crippen molar-refractivity contribution in [2.24, 2.45) is 7.05 Å². The van der Waals surface area contributed by atoms with E-state index in [0.29, 0.717) is 10.7 Å². The summed E-state index contributed by atoms with van der Waals surface area (Å²) in [6, 6.07) is 31.5. The average Bonchev–Trinajstić information content (AvgIpc) is 3.58. The van der Waals surface area contributed by atoms with Gasteiger partial charge in [0.2, 0.25) is 0 Å². The van der Waals surface area contributed by atoms with Gasteiger partial charge in [-0.3, -0.25) is 4.79 Å². The van der Waals surface area contributed by atoms with Gasteiger partial charge in [0.15, 0.2) is 11.7 Å². The molecule has 0 aliphatic carbocycles. The molecule has 0 amide bonds. The largest absolute Gasteiger partial charge is 0.330 e. The third-order valence-corrected chi connectivity index (χ3v) is 7.25. The Morgan fingerprint density at radius 1 is 0.971 bits per heavy atom. The van der Waals surface area contributed by atoms with E-state index in [0.717, 1.165) is 38.2 Å². The minimum Gasteiger partial charge on any atom is -0.330 e. The van der Waals surface area contributed by atoms with E-state index in [1.165, 1.54) is 11.3 Å². The zero-order chi connectivity index (χ0) is 23.9. The van der Waals surface area contributed by atoms with Gasteiger partial charge in [0.1, 0.15) is 16.3 Å². The van der Waals surface area contributed by atoms with Crippen LogP contribution in [0.3, 0.4) is 0 Å². The fourth-order valence-corrected chi connectivity index (χ4v) is 5.48. The molecule has 0 aliphatic heterocycles. The highest BCUT2D eigenvalue weighted by molar-refractivity contribution is 7.20. The molecule has 0 aliphatic rings. The number of fused-ring (bicyclic) bond motifs is 2. The summed E-state index contributed by atoms with van der Waals surface area (Å²) >= 11 is 1.36. The standard InChI is InChI=1S/C28H19N5OS/c1-32-23-15-9-8-14-22(23)30-27(32)21(17-29)26(34)24-16-20-25(18-10-4-2-5-11-18)31-33(28(20)35-24)19-12-6-3-7-13-19/h2-16,21H,1H3/t21-/m1/s1. The van der Waals surface area contributed by atoms with E-state index in [1.807, 2.05) is 107 Å². The van der Waals surface area contributed by atoms with Gasteiger partial charge in [-0.15, -0.1) is 11.3 Å². The van der Waals surface area contributed by atoms with Crippen LogP contribution in [0, 0.1) is 11.3 Å². The molecule has 35 heavy (non-hydrogen) atoms. The van der Waals surface area contributed by atoms with Crippen molar-refractivity contribution in [2.45, 2.75) is 5.92 Å². The molecule has 1 atom stereocenters. The topological polar surface area (TPSA) is 76.5 Å². The number of aryl methyl sites for hydroxylation is 1. The molecule has 0 radical (unpaired) electrons. The van der Waals surface area contributed by atoms with Crippen LogP contribution in [0.5, 0.6) is 0 Å². The molecule has 7 heteroatoms. The minimum absolute atomic E-state index is 0.259. The number of thiophene rings is 1. The first-order valence-electron chi connectivity index (χ1n) is 11.1. The number of para-hydroxylation sites is 3. The van der Waals surface area contributed by atoms with Gasteiger partial charge in [-0.1, -0.05) is 60.7 Å². The molecule has 3 aromatic carbocycles. The number of hydrogen-bond acceptors (Lipinski definition) is 5. The van der Waals surface area contributed by atoms with Crippen LogP contribution in [-0.2, 0) is 7.05 Å². The highest BCUT2D eigenvalue weighted by Crippen LogP contribution is 2.37. The number of rotatable bonds is 5. The average molecular weight is 474 g/mol. The van der Waals surface area contributed by atoms with Gasteiger partial charge in [-0.05, 0) is 30.3 Å². The lowest BCUT2D eigenvalue weighted by atomic mass is 10.0. The van der Waals surface area contributed by atoms with Crippen LogP contribution < -0.4 is 0 Å². The number of nitrogens with zero attached hydrogens (tertiary/aromatic N) is 5. The van der Waals surface area contributed by atoms with Crippen LogP contribution >= 0.6 is 11.3 Å². The second-order valence-corrected chi connectivity index (χ2v) is 9.27. The van der Waals surface area contributed by atoms with Crippen molar-refractivity contribution in [1.29, 1.82) is 5.26 Å². The molecule has 0 unspecified atom stereocenters. The van der Waals surface area contributed by atoms with Crippen molar-refractivity contribution in [1.82, 2.24) is 19.3 Å². The number of Topliss-reactive ketones (excluding diaryl/α,β-unsaturated/α-hetero) is 1. The number of carbonyl (C=O) groups excluding carboxylic acids is 1. The summed E-state index contributed by atoms with van der Waals surface area (Å²) in [6.45, 7) is 0. The van der Waals surface area contributed by atoms with Gasteiger partial charge in [0.25, 0.3) is 0 Å². The van der Waals surface area contributed by atoms with Crippen molar-refractivity contribution in [3.05, 3.63) is 102 Å². The Kier molecular flexibility index (Phi) is 5.02. The quantitative estimate of drug-likeness (QED) is 0.282. The third kappa shape index (κ3) is 3.43. The predicted octanol–water partition coefficient (Wildman–Crippen LogP) is 6.13. The molecule has 0 N–H and O–H groups in total. The molecule has 0 saturated heterocycles. The Hall–Kier alpha value is -4.54. The Labute approximate surface area is 205 Å². The van der Waals surface area contributed by atoms with E-state index in [9.17, 15) is 10.1 Å². The molecule has 0 spiro atoms. The predicted molar refractivity (Wildman–Crippen MR) is 138 cm³/mol. The van der Waals surface area contributed by atoms with Crippen LogP contribution in [0.25, 0.3) is 38.2 Å². The highest BCUT2D eigenvalue weighted by Gasteiger charge is 2.29. The van der Waals surface area contributed by atoms with Crippen molar-refractivity contribution < 1.29 is 4.79 Å². The lowest BCUT2D eigenvalue weighted by Crippen LogP contribution is -2.14. The van der Waals surface area contributed by atoms with Gasteiger partial charge in [-0.2, -0.15) is 10.4 Å². The molecular formula is C28H19N5OS. The van der Waals surface area contributed by atoms with Crippen molar-refractivity contribution in [3.63, 3.8) is 0 Å². The van der Waals surface area contributed by atoms with Gasteiger partial charge in [0, 0.05) is 18.0 Å². The Balaban J connectivity index is 1.50. The lowest BCUT2D eigenvalue weighted by Gasteiger charge is -2.07. The monoisotopic (exact) mass is 473 g/mol. The maximum Gasteiger partial charge on any atom is 0.197 e. The maximum absolute atomic E-state index is 13.7. The van der Waals surface area contributed by atoms with Crippen LogP contribution in [0.15, 0.2) is 91.0 Å². The van der Waals surface area contributed by atoms with Crippen LogP contribution in [-0.4, -0.2) is 25.1 Å². The first-order valence-corrected chi connectivity index (χ1v) is 12.0. The molecule has 3 aromatic heterocycles. The van der Waals surface area contributed by atoms with E-state index in [1.54, 1.807) is 0 Å². The zero-order valence-corrected chi connectivity index (χ0v) is 19.6. The molecule has 0 saturated carbocycles. The number of aromatic nitrogens is 4. The van der Waals surface area contributed by atoms with E-state index in [-0.39, 0.29) is 5.78 Å². The second-order valence-electron chi connectivity index (χ2n) is 8.24. The highest BCUT2D eigenvalue weighted by atomic mass is 32.1. The van der Waals surface area contributed by atoms with E-state index in [2.05, 4.69) is 11.1 Å². The Bertz CT molecular complexity index is 1670. The van der Waals surface area contributed by atoms with Gasteiger partial charge >= 0.3 is 0 Å². The summed E-state index contributed by atoms with van der Waals surface area (Å²) in [7, 11) is 1.84. The molecule has 6 aromatic rings. The molecule has 0 bridgehead atoms. The van der Waals surface area contributed by atoms with Crippen molar-refractivity contribution in [2.75, 3.05) is 0 Å². The fourth-order valence-electron chi connectivity index (χ4n) is 4.38. The summed E-state index contributed by atoms with van der Waals surface area (Å²) in [5.41, 5.74) is 4.33. The normalized spacial score (nSPS) is 12.1. The summed E-state index contributed by atoms with van der Waals surface area (Å²) in [4.78, 5) is 19.7. The number of hydrogen-bond donors (Lipinski definition) is 0. The first-order chi connectivity index (χ1) is 17.2. The molecule has 168 valence electrons. The maximum atomic E-state index is 13.7. The fraction of sp³-hybridized carbons (Fsp3) is 0.0714. The number of benzene rings is 3. The third-order valence-electron chi connectivity index (χ3n) is 6.12. The van der Waals surface area contributed by atoms with Gasteiger partial charge in [-0.25, -0.2) is 9.67 Å². The zero-order valence-electron chi connectivity index (χ0n) is 18.8. The van der Waals surface area contributed by atoms with Crippen LogP contribution in [0.2, 0.25) is 0 Å². The minimum atomic E-state index is -1.01. The number of imidazole rings is 1. The van der Waals surface area contributed by atoms with Gasteiger partial charge < -0.3 is 4.57 Å². The summed E-state index contributed by atoms with van der Waals surface area (Å²) in [5.74, 6) is -0.816. The van der Waals surface area contributed by atoms with E-state index >= 15 is 0 Å². The van der Waals surface area contributed by atoms with Crippen molar-refractivity contribution >= 4 is 38.4 Å². The lowest BCUT2D eigenvalue weighted by molar-refractivity contribution is 0.0979. The Morgan fingerprint density at radius 3 is 2.37 bits per heavy atom. The molecule has 0 fully saturated rings. The first kappa shape index (κ1) is 21.0. The summed E-state index contributed by atoms with van der Waals surface area (Å²) < 4.78 is 3.70. The van der Waals surface area contributed by atoms with Crippen LogP contribution in [0.4, 0.5) is 0 Å². The van der Waals surface area contributed by atoms with E-state index in [4.69, 9.17) is 5.10 Å². The molecular weight excluding hydrogens is 454 g/mol. The SMILES string of the molecule is Cn1c([C@H](C#N)C(=O)c2cc3c(-c4ccccc4)nn(-c4ccccc4)c3s2)nc2ccccc21. The van der Waals surface area contributed by atoms with E-state index < -0.39 is 5.92 Å². The van der Waals surface area contributed by atoms with Gasteiger partial charge in [0.05, 0.1) is 27.7 Å². The summed E-state index contributed by atoms with van der Waals surface area (Å²) in [6.07, 6.45) is 0. The second kappa shape index (κ2) is 8.35. The number of nitriles is 1. The van der Waals surface area contributed by atoms with Crippen molar-refractivity contribution in [3.8, 4) is 23.0 Å². The number of ketones is 1. The molecule has 3 heterocycles. The smallest absolute Gasteiger partial charge is 0.197 e.